The van der Waals surface area contributed by atoms with Crippen LogP contribution >= 0.6 is 0 Å². The predicted molar refractivity (Wildman–Crippen MR) is 139 cm³/mol. The molecule has 3 saturated carbocycles. The van der Waals surface area contributed by atoms with Crippen molar-refractivity contribution in [3.8, 4) is 28.4 Å². The molecule has 3 aliphatic rings. The third-order valence-electron chi connectivity index (χ3n) is 8.35. The van der Waals surface area contributed by atoms with Gasteiger partial charge in [-0.1, -0.05) is 17.3 Å². The summed E-state index contributed by atoms with van der Waals surface area (Å²) in [6.45, 7) is 0.229. The molecule has 0 saturated heterocycles. The first kappa shape index (κ1) is 25.9. The normalized spacial score (nSPS) is 24.0. The molecule has 4 atom stereocenters. The van der Waals surface area contributed by atoms with Gasteiger partial charge in [0.2, 0.25) is 0 Å². The minimum absolute atomic E-state index is 0.0382. The van der Waals surface area contributed by atoms with Crippen molar-refractivity contribution < 1.29 is 27.2 Å². The van der Waals surface area contributed by atoms with Crippen LogP contribution in [0.3, 0.4) is 0 Å². The van der Waals surface area contributed by atoms with Crippen LogP contribution in [0.2, 0.25) is 0 Å². The minimum atomic E-state index is -4.81. The minimum Gasteiger partial charge on any atom is -0.405 e. The largest absolute Gasteiger partial charge is 0.573 e. The molecule has 0 amide bonds. The van der Waals surface area contributed by atoms with E-state index >= 15 is 0 Å². The average molecular weight is 568 g/mol. The van der Waals surface area contributed by atoms with Crippen molar-refractivity contribution in [3.05, 3.63) is 53.9 Å². The summed E-state index contributed by atoms with van der Waals surface area (Å²) < 4.78 is 55.7. The van der Waals surface area contributed by atoms with Gasteiger partial charge >= 0.3 is 6.36 Å². The van der Waals surface area contributed by atoms with Crippen LogP contribution in [-0.2, 0) is 11.3 Å². The first-order chi connectivity index (χ1) is 19.9. The quantitative estimate of drug-likeness (QED) is 0.255. The van der Waals surface area contributed by atoms with Crippen LogP contribution in [-0.4, -0.2) is 49.3 Å². The van der Waals surface area contributed by atoms with Crippen molar-refractivity contribution in [1.29, 1.82) is 0 Å². The fourth-order valence-electron chi connectivity index (χ4n) is 6.33. The Morgan fingerprint density at radius 2 is 1.83 bits per heavy atom. The lowest BCUT2D eigenvalue weighted by atomic mass is 9.82. The summed E-state index contributed by atoms with van der Waals surface area (Å²) in [5.74, 6) is 2.87. The average Bonchev–Trinajstić information content (AvgIpc) is 3.37. The number of pyridine rings is 1. The van der Waals surface area contributed by atoms with Crippen molar-refractivity contribution in [2.45, 2.75) is 69.6 Å². The van der Waals surface area contributed by atoms with Gasteiger partial charge in [0, 0.05) is 34.8 Å². The Labute approximate surface area is 233 Å². The highest BCUT2D eigenvalue weighted by molar-refractivity contribution is 5.70. The Bertz CT molecular complexity index is 1470. The van der Waals surface area contributed by atoms with Crippen molar-refractivity contribution in [1.82, 2.24) is 30.8 Å². The second-order valence-electron chi connectivity index (χ2n) is 11.0. The number of aromatic amines is 1. The molecule has 3 heterocycles. The summed E-state index contributed by atoms with van der Waals surface area (Å²) in [6.07, 6.45) is 2.90. The number of halogens is 3. The summed E-state index contributed by atoms with van der Waals surface area (Å²) in [5, 5.41) is 21.7. The molecule has 4 aromatic rings. The maximum Gasteiger partial charge on any atom is 0.573 e. The second kappa shape index (κ2) is 10.4. The van der Waals surface area contributed by atoms with Gasteiger partial charge in [0.05, 0.1) is 12.7 Å². The third-order valence-corrected chi connectivity index (χ3v) is 8.35. The van der Waals surface area contributed by atoms with Gasteiger partial charge in [0.15, 0.2) is 5.82 Å². The topological polar surface area (TPSA) is 124 Å². The van der Waals surface area contributed by atoms with E-state index in [1.807, 2.05) is 12.1 Å². The molecular formula is C28H28F3N7O3. The number of tetrazole rings is 1. The smallest absolute Gasteiger partial charge is 0.405 e. The van der Waals surface area contributed by atoms with E-state index in [2.05, 4.69) is 40.8 Å². The maximum absolute atomic E-state index is 13.1. The number of nitrogens with zero attached hydrogens (tertiary/aromatic N) is 5. The number of para-hydroxylation sites is 1. The molecule has 0 radical (unpaired) electrons. The maximum atomic E-state index is 13.1. The molecule has 7 rings (SSSR count). The van der Waals surface area contributed by atoms with E-state index in [-0.39, 0.29) is 29.9 Å². The van der Waals surface area contributed by atoms with Gasteiger partial charge in [0.1, 0.15) is 23.0 Å². The van der Waals surface area contributed by atoms with Gasteiger partial charge in [-0.05, 0) is 85.1 Å². The molecule has 1 aromatic carbocycles. The third kappa shape index (κ3) is 5.50. The van der Waals surface area contributed by atoms with Gasteiger partial charge in [-0.25, -0.2) is 10.1 Å². The van der Waals surface area contributed by atoms with Gasteiger partial charge in [0.25, 0.3) is 0 Å². The summed E-state index contributed by atoms with van der Waals surface area (Å²) in [6, 6.07) is 10.2. The van der Waals surface area contributed by atoms with E-state index in [0.29, 0.717) is 40.7 Å². The van der Waals surface area contributed by atoms with Gasteiger partial charge < -0.3 is 19.3 Å². The first-order valence-electron chi connectivity index (χ1n) is 13.8. The van der Waals surface area contributed by atoms with Crippen LogP contribution in [0.1, 0.15) is 55.8 Å². The number of fused-ring (bicyclic) bond motifs is 2. The molecule has 3 aromatic heterocycles. The van der Waals surface area contributed by atoms with E-state index in [9.17, 15) is 13.2 Å². The molecule has 13 heteroatoms. The standard InChI is InChI=1S/C28H28F3N7O3/c29-28(30,31)40-22-4-2-1-3-20(22)25-21(26(41-36-25)15-5-6-15)14-39-19-11-16-7-8-17(12-19)24(16)33-23-10-9-18(13-32-23)27-34-37-38-35-27/h1-4,9-10,13,15-17,19,24H,5-8,11-12,14H2,(H,32,33)(H,34,35,37,38)/t16-,17+,19-,24+. The Morgan fingerprint density at radius 3 is 2.51 bits per heavy atom. The fraction of sp³-hybridized carbons (Fsp3) is 0.464. The molecule has 214 valence electrons. The number of hydrogen-bond donors (Lipinski definition) is 2. The summed E-state index contributed by atoms with van der Waals surface area (Å²) >= 11 is 0. The van der Waals surface area contributed by atoms with Crippen LogP contribution in [0.25, 0.3) is 22.6 Å². The number of ether oxygens (including phenoxy) is 2. The first-order valence-corrected chi connectivity index (χ1v) is 13.8. The van der Waals surface area contributed by atoms with Gasteiger partial charge in [-0.15, -0.1) is 18.3 Å². The van der Waals surface area contributed by atoms with E-state index in [0.717, 1.165) is 49.9 Å². The molecule has 2 bridgehead atoms. The highest BCUT2D eigenvalue weighted by Crippen LogP contribution is 2.47. The van der Waals surface area contributed by atoms with Gasteiger partial charge in [-0.2, -0.15) is 0 Å². The van der Waals surface area contributed by atoms with E-state index in [4.69, 9.17) is 9.26 Å². The van der Waals surface area contributed by atoms with Crippen LogP contribution in [0.5, 0.6) is 5.75 Å². The molecule has 10 nitrogen and oxygen atoms in total. The van der Waals surface area contributed by atoms with Crippen LogP contribution < -0.4 is 10.1 Å². The van der Waals surface area contributed by atoms with Crippen molar-refractivity contribution in [3.63, 3.8) is 0 Å². The van der Waals surface area contributed by atoms with Crippen LogP contribution in [0.4, 0.5) is 19.0 Å². The van der Waals surface area contributed by atoms with E-state index in [1.54, 1.807) is 18.3 Å². The molecule has 3 aliphatic carbocycles. The molecular weight excluding hydrogens is 539 g/mol. The summed E-state index contributed by atoms with van der Waals surface area (Å²) in [7, 11) is 0. The van der Waals surface area contributed by atoms with Crippen molar-refractivity contribution in [2.75, 3.05) is 5.32 Å². The fourth-order valence-corrected chi connectivity index (χ4v) is 6.33. The second-order valence-corrected chi connectivity index (χ2v) is 11.0. The SMILES string of the molecule is FC(F)(F)Oc1ccccc1-c1noc(C2CC2)c1CO[C@@H]1C[C@H]2CC[C@@H](C1)[C@H]2Nc1ccc(-c2nnn[nH]2)cn1. The number of H-pyrrole nitrogens is 1. The van der Waals surface area contributed by atoms with Crippen molar-refractivity contribution in [2.24, 2.45) is 11.8 Å². The molecule has 0 spiro atoms. The monoisotopic (exact) mass is 567 g/mol. The highest BCUT2D eigenvalue weighted by atomic mass is 19.4. The van der Waals surface area contributed by atoms with Crippen molar-refractivity contribution >= 4 is 5.82 Å². The number of benzene rings is 1. The summed E-state index contributed by atoms with van der Waals surface area (Å²) in [5.41, 5.74) is 2.11. The highest BCUT2D eigenvalue weighted by Gasteiger charge is 2.44. The Morgan fingerprint density at radius 1 is 1.02 bits per heavy atom. The zero-order valence-electron chi connectivity index (χ0n) is 22.0. The molecule has 3 fully saturated rings. The zero-order chi connectivity index (χ0) is 28.0. The van der Waals surface area contributed by atoms with Crippen LogP contribution in [0, 0.1) is 11.8 Å². The van der Waals surface area contributed by atoms with E-state index < -0.39 is 6.36 Å². The lowest BCUT2D eigenvalue weighted by molar-refractivity contribution is -0.274. The molecule has 0 unspecified atom stereocenters. The number of aromatic nitrogens is 6. The number of anilines is 1. The molecule has 41 heavy (non-hydrogen) atoms. The zero-order valence-corrected chi connectivity index (χ0v) is 22.0. The summed E-state index contributed by atoms with van der Waals surface area (Å²) in [4.78, 5) is 4.56. The predicted octanol–water partition coefficient (Wildman–Crippen LogP) is 5.88. The lowest BCUT2D eigenvalue weighted by Gasteiger charge is -2.36. The number of rotatable bonds is 9. The van der Waals surface area contributed by atoms with E-state index in [1.165, 1.54) is 12.1 Å². The Balaban J connectivity index is 1.03. The number of nitrogens with one attached hydrogen (secondary N) is 2. The van der Waals surface area contributed by atoms with Crippen LogP contribution in [0.15, 0.2) is 47.1 Å². The Hall–Kier alpha value is -4.00. The number of hydrogen-bond acceptors (Lipinski definition) is 9. The Kier molecular flexibility index (Phi) is 6.60. The molecule has 2 N–H and O–H groups in total. The molecule has 0 aliphatic heterocycles. The van der Waals surface area contributed by atoms with Gasteiger partial charge in [-0.3, -0.25) is 0 Å². The number of alkyl halides is 3. The lowest BCUT2D eigenvalue weighted by Crippen LogP contribution is -2.39.